The third-order valence-electron chi connectivity index (χ3n) is 2.22. The van der Waals surface area contributed by atoms with Gasteiger partial charge in [0.05, 0.1) is 0 Å². The molecule has 0 unspecified atom stereocenters. The number of carbonyl (C=O) groups is 1. The lowest BCUT2D eigenvalue weighted by Crippen LogP contribution is -2.22. The van der Waals surface area contributed by atoms with Crippen LogP contribution in [0.15, 0.2) is 46.0 Å². The van der Waals surface area contributed by atoms with Gasteiger partial charge in [0.25, 0.3) is 0 Å². The molecule has 0 aliphatic carbocycles. The average molecular weight is 276 g/mol. The van der Waals surface area contributed by atoms with E-state index >= 15 is 0 Å². The lowest BCUT2D eigenvalue weighted by molar-refractivity contribution is -0.113. The largest absolute Gasteiger partial charge is 0.510 e. The van der Waals surface area contributed by atoms with E-state index in [1.54, 1.807) is 18.2 Å². The summed E-state index contributed by atoms with van der Waals surface area (Å²) in [5.74, 6) is 0.0701. The number of allylic oxidation sites excluding steroid dienone is 2. The Bertz CT molecular complexity index is 550. The van der Waals surface area contributed by atoms with Gasteiger partial charge in [-0.25, -0.2) is 0 Å². The number of para-hydroxylation sites is 1. The molecule has 0 aliphatic rings. The lowest BCUT2D eigenvalue weighted by atomic mass is 10.2. The molecule has 5 nitrogen and oxygen atoms in total. The summed E-state index contributed by atoms with van der Waals surface area (Å²) >= 11 is 0. The van der Waals surface area contributed by atoms with Gasteiger partial charge in [-0.3, -0.25) is 4.79 Å². The number of nitrogens with zero attached hydrogens (tertiary/aromatic N) is 2. The number of hydrogen-bond acceptors (Lipinski definition) is 5. The monoisotopic (exact) mass is 276 g/mol. The van der Waals surface area contributed by atoms with Crippen LogP contribution in [-0.2, 0) is 4.79 Å². The van der Waals surface area contributed by atoms with Gasteiger partial charge in [-0.15, -0.1) is 10.2 Å². The second-order valence-corrected chi connectivity index (χ2v) is 5.37. The second kappa shape index (κ2) is 6.32. The van der Waals surface area contributed by atoms with Crippen molar-refractivity contribution in [3.05, 3.63) is 35.7 Å². The summed E-state index contributed by atoms with van der Waals surface area (Å²) in [6.07, 6.45) is 0. The van der Waals surface area contributed by atoms with Crippen molar-refractivity contribution in [2.45, 2.75) is 40.2 Å². The van der Waals surface area contributed by atoms with Crippen LogP contribution in [0.4, 0.5) is 5.69 Å². The average Bonchev–Trinajstić information content (AvgIpc) is 2.28. The molecule has 1 N–H and O–H groups in total. The van der Waals surface area contributed by atoms with Crippen LogP contribution in [0.25, 0.3) is 0 Å². The molecule has 0 saturated carbocycles. The van der Waals surface area contributed by atoms with Crippen molar-refractivity contribution in [2.24, 2.45) is 10.2 Å². The van der Waals surface area contributed by atoms with Crippen molar-refractivity contribution < 1.29 is 14.6 Å². The normalized spacial score (nSPS) is 13.2. The summed E-state index contributed by atoms with van der Waals surface area (Å²) in [7, 11) is 0. The van der Waals surface area contributed by atoms with Crippen molar-refractivity contribution in [2.75, 3.05) is 0 Å². The van der Waals surface area contributed by atoms with Crippen molar-refractivity contribution in [3.8, 4) is 5.75 Å². The van der Waals surface area contributed by atoms with Gasteiger partial charge in [0.15, 0.2) is 11.5 Å². The second-order valence-electron chi connectivity index (χ2n) is 5.37. The van der Waals surface area contributed by atoms with Crippen LogP contribution in [0.1, 0.15) is 34.6 Å². The third kappa shape index (κ3) is 4.84. The standard InChI is InChI=1S/C15H20N2O3/c1-10(18)14(11(2)19)17-16-12-8-6-7-9-13(12)20-15(3,4)5/h6-9,18H,1-5H3. The van der Waals surface area contributed by atoms with E-state index in [1.807, 2.05) is 26.8 Å². The Morgan fingerprint density at radius 1 is 1.20 bits per heavy atom. The van der Waals surface area contributed by atoms with Gasteiger partial charge in [-0.1, -0.05) is 12.1 Å². The van der Waals surface area contributed by atoms with Crippen LogP contribution in [0.2, 0.25) is 0 Å². The van der Waals surface area contributed by atoms with E-state index in [-0.39, 0.29) is 22.8 Å². The first-order valence-corrected chi connectivity index (χ1v) is 6.31. The smallest absolute Gasteiger partial charge is 0.183 e. The zero-order valence-corrected chi connectivity index (χ0v) is 12.5. The van der Waals surface area contributed by atoms with E-state index in [1.165, 1.54) is 13.8 Å². The molecule has 1 rings (SSSR count). The molecule has 20 heavy (non-hydrogen) atoms. The summed E-state index contributed by atoms with van der Waals surface area (Å²) in [4.78, 5) is 11.3. The molecule has 0 heterocycles. The number of ether oxygens (including phenoxy) is 1. The van der Waals surface area contributed by atoms with Gasteiger partial charge in [0.2, 0.25) is 0 Å². The fourth-order valence-corrected chi connectivity index (χ4v) is 1.46. The molecule has 0 radical (unpaired) electrons. The molecule has 0 atom stereocenters. The van der Waals surface area contributed by atoms with Gasteiger partial charge in [-0.05, 0) is 39.8 Å². The summed E-state index contributed by atoms with van der Waals surface area (Å²) in [5, 5.41) is 17.2. The van der Waals surface area contributed by atoms with Gasteiger partial charge in [0.1, 0.15) is 22.8 Å². The van der Waals surface area contributed by atoms with Crippen LogP contribution >= 0.6 is 0 Å². The third-order valence-corrected chi connectivity index (χ3v) is 2.22. The SMILES string of the molecule is CC(=O)C(N=Nc1ccccc1OC(C)(C)C)=C(C)O. The minimum Gasteiger partial charge on any atom is -0.510 e. The number of ketones is 1. The minimum absolute atomic E-state index is 0.0597. The van der Waals surface area contributed by atoms with Crippen LogP contribution in [0.5, 0.6) is 5.75 Å². The first kappa shape index (κ1) is 15.9. The minimum atomic E-state index is -0.363. The number of azo groups is 1. The van der Waals surface area contributed by atoms with Crippen molar-refractivity contribution in [3.63, 3.8) is 0 Å². The number of hydrogen-bond donors (Lipinski definition) is 1. The van der Waals surface area contributed by atoms with E-state index in [9.17, 15) is 9.90 Å². The van der Waals surface area contributed by atoms with E-state index in [4.69, 9.17) is 4.74 Å². The first-order chi connectivity index (χ1) is 9.20. The number of Topliss-reactive ketones (excluding diaryl/α,β-unsaturated/α-hetero) is 1. The van der Waals surface area contributed by atoms with Crippen molar-refractivity contribution >= 4 is 11.5 Å². The van der Waals surface area contributed by atoms with E-state index in [0.29, 0.717) is 11.4 Å². The molecular weight excluding hydrogens is 256 g/mol. The molecule has 1 aromatic carbocycles. The number of rotatable bonds is 4. The maximum atomic E-state index is 11.3. The van der Waals surface area contributed by atoms with Crippen molar-refractivity contribution in [1.29, 1.82) is 0 Å². The zero-order chi connectivity index (χ0) is 15.3. The molecule has 0 aromatic heterocycles. The lowest BCUT2D eigenvalue weighted by Gasteiger charge is -2.21. The molecule has 0 saturated heterocycles. The zero-order valence-electron chi connectivity index (χ0n) is 12.5. The molecule has 0 aliphatic heterocycles. The maximum absolute atomic E-state index is 11.3. The van der Waals surface area contributed by atoms with Gasteiger partial charge >= 0.3 is 0 Å². The van der Waals surface area contributed by atoms with Crippen LogP contribution < -0.4 is 4.74 Å². The fourth-order valence-electron chi connectivity index (χ4n) is 1.46. The molecule has 0 bridgehead atoms. The molecule has 108 valence electrons. The Morgan fingerprint density at radius 3 is 2.30 bits per heavy atom. The molecule has 0 fully saturated rings. The highest BCUT2D eigenvalue weighted by molar-refractivity contribution is 5.93. The van der Waals surface area contributed by atoms with E-state index in [2.05, 4.69) is 10.2 Å². The highest BCUT2D eigenvalue weighted by atomic mass is 16.5. The number of carbonyl (C=O) groups excluding carboxylic acids is 1. The molecule has 1 aromatic rings. The van der Waals surface area contributed by atoms with Gasteiger partial charge in [-0.2, -0.15) is 0 Å². The highest BCUT2D eigenvalue weighted by Gasteiger charge is 2.14. The number of benzene rings is 1. The van der Waals surface area contributed by atoms with Crippen LogP contribution in [0.3, 0.4) is 0 Å². The molecular formula is C15H20N2O3. The Labute approximate surface area is 119 Å². The van der Waals surface area contributed by atoms with E-state index in [0.717, 1.165) is 0 Å². The Balaban J connectivity index is 3.10. The first-order valence-electron chi connectivity index (χ1n) is 6.31. The number of aliphatic hydroxyl groups excluding tert-OH is 1. The summed E-state index contributed by atoms with van der Waals surface area (Å²) in [5.41, 5.74) is 0.0793. The topological polar surface area (TPSA) is 71.2 Å². The molecule has 5 heteroatoms. The predicted octanol–water partition coefficient (Wildman–Crippen LogP) is 4.33. The van der Waals surface area contributed by atoms with Crippen molar-refractivity contribution in [1.82, 2.24) is 0 Å². The summed E-state index contributed by atoms with van der Waals surface area (Å²) in [6, 6.07) is 7.14. The van der Waals surface area contributed by atoms with E-state index < -0.39 is 0 Å². The summed E-state index contributed by atoms with van der Waals surface area (Å²) in [6.45, 7) is 8.51. The Kier molecular flexibility index (Phi) is 5.02. The van der Waals surface area contributed by atoms with Gasteiger partial charge < -0.3 is 9.84 Å². The Hall–Kier alpha value is -2.17. The van der Waals surface area contributed by atoms with Gasteiger partial charge in [0, 0.05) is 6.92 Å². The fraction of sp³-hybridized carbons (Fsp3) is 0.400. The summed E-state index contributed by atoms with van der Waals surface area (Å²) < 4.78 is 5.77. The highest BCUT2D eigenvalue weighted by Crippen LogP contribution is 2.30. The number of aliphatic hydroxyl groups is 1. The van der Waals surface area contributed by atoms with Crippen LogP contribution in [-0.4, -0.2) is 16.5 Å². The van der Waals surface area contributed by atoms with Crippen LogP contribution in [0, 0.1) is 0 Å². The predicted molar refractivity (Wildman–Crippen MR) is 77.3 cm³/mol. The molecule has 0 amide bonds. The Morgan fingerprint density at radius 2 is 1.80 bits per heavy atom. The quantitative estimate of drug-likeness (QED) is 0.505. The molecule has 0 spiro atoms. The maximum Gasteiger partial charge on any atom is 0.183 e.